The van der Waals surface area contributed by atoms with E-state index in [0.29, 0.717) is 25.8 Å². The van der Waals surface area contributed by atoms with Crippen LogP contribution in [-0.4, -0.2) is 34.9 Å². The van der Waals surface area contributed by atoms with E-state index in [2.05, 4.69) is 5.32 Å². The highest BCUT2D eigenvalue weighted by Crippen LogP contribution is 1.96. The van der Waals surface area contributed by atoms with Crippen LogP contribution in [0.4, 0.5) is 0 Å². The number of rotatable bonds is 7. The van der Waals surface area contributed by atoms with Gasteiger partial charge in [-0.2, -0.15) is 0 Å². The Hall–Kier alpha value is -0.610. The van der Waals surface area contributed by atoms with E-state index in [4.69, 9.17) is 10.2 Å². The third kappa shape index (κ3) is 9.48. The molecule has 0 saturated carbocycles. The molecule has 0 fully saturated rings. The quantitative estimate of drug-likeness (QED) is 0.525. The van der Waals surface area contributed by atoms with Gasteiger partial charge in [0.15, 0.2) is 0 Å². The maximum absolute atomic E-state index is 11.1. The molecule has 0 aliphatic heterocycles. The molecule has 0 aromatic heterocycles. The summed E-state index contributed by atoms with van der Waals surface area (Å²) >= 11 is 0. The summed E-state index contributed by atoms with van der Waals surface area (Å²) in [6.45, 7) is 4.00. The molecule has 2 atom stereocenters. The van der Waals surface area contributed by atoms with E-state index >= 15 is 0 Å². The Morgan fingerprint density at radius 1 is 1.21 bits per heavy atom. The second kappa shape index (κ2) is 7.76. The molecule has 3 N–H and O–H groups in total. The molecule has 2 unspecified atom stereocenters. The molecule has 14 heavy (non-hydrogen) atoms. The Labute approximate surface area is 85.3 Å². The summed E-state index contributed by atoms with van der Waals surface area (Å²) < 4.78 is 0. The van der Waals surface area contributed by atoms with Gasteiger partial charge in [-0.1, -0.05) is 0 Å². The fraction of sp³-hybridized carbons (Fsp3) is 0.900. The molecule has 0 aliphatic rings. The molecular formula is C10H21NO3. The molecular weight excluding hydrogens is 182 g/mol. The largest absolute Gasteiger partial charge is 0.393 e. The Kier molecular flexibility index (Phi) is 7.42. The van der Waals surface area contributed by atoms with Gasteiger partial charge in [-0.3, -0.25) is 4.79 Å². The molecule has 0 aromatic carbocycles. The molecule has 0 aliphatic carbocycles. The van der Waals surface area contributed by atoms with Gasteiger partial charge < -0.3 is 15.5 Å². The summed E-state index contributed by atoms with van der Waals surface area (Å²) in [5.41, 5.74) is 0. The van der Waals surface area contributed by atoms with Gasteiger partial charge in [0.05, 0.1) is 12.2 Å². The predicted molar refractivity (Wildman–Crippen MR) is 54.8 cm³/mol. The van der Waals surface area contributed by atoms with Crippen molar-refractivity contribution in [2.75, 3.05) is 6.54 Å². The van der Waals surface area contributed by atoms with Crippen LogP contribution >= 0.6 is 0 Å². The fourth-order valence-corrected chi connectivity index (χ4v) is 1.05. The van der Waals surface area contributed by atoms with Crippen molar-refractivity contribution >= 4 is 5.91 Å². The van der Waals surface area contributed by atoms with Crippen molar-refractivity contribution < 1.29 is 15.0 Å². The lowest BCUT2D eigenvalue weighted by atomic mass is 10.2. The average Bonchev–Trinajstić information content (AvgIpc) is 2.08. The zero-order chi connectivity index (χ0) is 11.0. The number of carbonyl (C=O) groups is 1. The summed E-state index contributed by atoms with van der Waals surface area (Å²) in [7, 11) is 0. The molecule has 0 heterocycles. The maximum atomic E-state index is 11.1. The van der Waals surface area contributed by atoms with Gasteiger partial charge in [-0.25, -0.2) is 0 Å². The Morgan fingerprint density at radius 3 is 2.29 bits per heavy atom. The SMILES string of the molecule is CC(O)CCCNC(=O)CCC(C)O. The first-order chi connectivity index (χ1) is 6.52. The van der Waals surface area contributed by atoms with Crippen LogP contribution in [0, 0.1) is 0 Å². The molecule has 84 valence electrons. The molecule has 4 nitrogen and oxygen atoms in total. The summed E-state index contributed by atoms with van der Waals surface area (Å²) in [6, 6.07) is 0. The molecule has 0 rings (SSSR count). The lowest BCUT2D eigenvalue weighted by molar-refractivity contribution is -0.121. The molecule has 0 aromatic rings. The molecule has 0 bridgehead atoms. The second-order valence-electron chi connectivity index (χ2n) is 3.73. The number of aliphatic hydroxyl groups is 2. The lowest BCUT2D eigenvalue weighted by Crippen LogP contribution is -2.25. The molecule has 0 saturated heterocycles. The van der Waals surface area contributed by atoms with E-state index < -0.39 is 6.10 Å². The number of aliphatic hydroxyl groups excluding tert-OH is 2. The number of hydrogen-bond donors (Lipinski definition) is 3. The van der Waals surface area contributed by atoms with E-state index in [1.54, 1.807) is 13.8 Å². The normalized spacial score (nSPS) is 14.9. The summed E-state index contributed by atoms with van der Waals surface area (Å²) in [4.78, 5) is 11.1. The van der Waals surface area contributed by atoms with Crippen molar-refractivity contribution in [2.45, 2.75) is 51.7 Å². The van der Waals surface area contributed by atoms with Crippen LogP contribution in [0.1, 0.15) is 39.5 Å². The van der Waals surface area contributed by atoms with Crippen LogP contribution in [0.2, 0.25) is 0 Å². The van der Waals surface area contributed by atoms with E-state index in [-0.39, 0.29) is 12.0 Å². The highest BCUT2D eigenvalue weighted by atomic mass is 16.3. The lowest BCUT2D eigenvalue weighted by Gasteiger charge is -2.07. The van der Waals surface area contributed by atoms with Crippen molar-refractivity contribution in [3.63, 3.8) is 0 Å². The first-order valence-electron chi connectivity index (χ1n) is 5.15. The Morgan fingerprint density at radius 2 is 1.79 bits per heavy atom. The van der Waals surface area contributed by atoms with Crippen molar-refractivity contribution in [3.05, 3.63) is 0 Å². The fourth-order valence-electron chi connectivity index (χ4n) is 1.05. The van der Waals surface area contributed by atoms with Gasteiger partial charge in [0.25, 0.3) is 0 Å². The number of hydrogen-bond acceptors (Lipinski definition) is 3. The zero-order valence-electron chi connectivity index (χ0n) is 8.99. The van der Waals surface area contributed by atoms with Gasteiger partial charge >= 0.3 is 0 Å². The number of carbonyl (C=O) groups excluding carboxylic acids is 1. The van der Waals surface area contributed by atoms with Gasteiger partial charge in [0, 0.05) is 13.0 Å². The van der Waals surface area contributed by atoms with Crippen LogP contribution in [0.3, 0.4) is 0 Å². The average molecular weight is 203 g/mol. The molecule has 0 spiro atoms. The van der Waals surface area contributed by atoms with Gasteiger partial charge in [-0.15, -0.1) is 0 Å². The van der Waals surface area contributed by atoms with Crippen LogP contribution < -0.4 is 5.32 Å². The highest BCUT2D eigenvalue weighted by Gasteiger charge is 2.03. The molecule has 4 heteroatoms. The molecule has 1 amide bonds. The minimum absolute atomic E-state index is 0.0310. The smallest absolute Gasteiger partial charge is 0.220 e. The minimum atomic E-state index is -0.418. The van der Waals surface area contributed by atoms with Crippen LogP contribution in [-0.2, 0) is 4.79 Å². The first kappa shape index (κ1) is 13.4. The van der Waals surface area contributed by atoms with Crippen molar-refractivity contribution in [1.29, 1.82) is 0 Å². The summed E-state index contributed by atoms with van der Waals surface area (Å²) in [5.74, 6) is -0.0310. The van der Waals surface area contributed by atoms with Crippen LogP contribution in [0.15, 0.2) is 0 Å². The van der Waals surface area contributed by atoms with E-state index in [1.807, 2.05) is 0 Å². The van der Waals surface area contributed by atoms with Crippen molar-refractivity contribution in [3.8, 4) is 0 Å². The topological polar surface area (TPSA) is 69.6 Å². The van der Waals surface area contributed by atoms with E-state index in [9.17, 15) is 4.79 Å². The van der Waals surface area contributed by atoms with Crippen molar-refractivity contribution in [1.82, 2.24) is 5.32 Å². The number of amides is 1. The van der Waals surface area contributed by atoms with Crippen LogP contribution in [0.25, 0.3) is 0 Å². The van der Waals surface area contributed by atoms with E-state index in [0.717, 1.165) is 6.42 Å². The maximum Gasteiger partial charge on any atom is 0.220 e. The van der Waals surface area contributed by atoms with Crippen molar-refractivity contribution in [2.24, 2.45) is 0 Å². The van der Waals surface area contributed by atoms with Gasteiger partial charge in [0.2, 0.25) is 5.91 Å². The van der Waals surface area contributed by atoms with Gasteiger partial charge in [-0.05, 0) is 33.1 Å². The minimum Gasteiger partial charge on any atom is -0.393 e. The highest BCUT2D eigenvalue weighted by molar-refractivity contribution is 5.75. The Balaban J connectivity index is 3.27. The third-order valence-corrected chi connectivity index (χ3v) is 1.91. The second-order valence-corrected chi connectivity index (χ2v) is 3.73. The van der Waals surface area contributed by atoms with Crippen LogP contribution in [0.5, 0.6) is 0 Å². The Bertz CT molecular complexity index is 157. The zero-order valence-corrected chi connectivity index (χ0v) is 8.99. The van der Waals surface area contributed by atoms with Gasteiger partial charge in [0.1, 0.15) is 0 Å². The van der Waals surface area contributed by atoms with E-state index in [1.165, 1.54) is 0 Å². The predicted octanol–water partition coefficient (Wildman–Crippen LogP) is 0.425. The monoisotopic (exact) mass is 203 g/mol. The first-order valence-corrected chi connectivity index (χ1v) is 5.15. The number of nitrogens with one attached hydrogen (secondary N) is 1. The standard InChI is InChI=1S/C10H21NO3/c1-8(12)4-3-7-11-10(14)6-5-9(2)13/h8-9,12-13H,3-7H2,1-2H3,(H,11,14). The summed E-state index contributed by atoms with van der Waals surface area (Å²) in [6.07, 6.45) is 1.64. The molecule has 0 radical (unpaired) electrons. The summed E-state index contributed by atoms with van der Waals surface area (Å²) in [5, 5.41) is 20.6. The third-order valence-electron chi connectivity index (χ3n) is 1.91.